The Morgan fingerprint density at radius 1 is 0.867 bits per heavy atom. The zero-order valence-corrected chi connectivity index (χ0v) is 18.2. The predicted molar refractivity (Wildman–Crippen MR) is 127 cm³/mol. The second kappa shape index (κ2) is 10.6. The molecule has 30 heavy (non-hydrogen) atoms. The van der Waals surface area contributed by atoms with Gasteiger partial charge in [0.15, 0.2) is 5.82 Å². The van der Waals surface area contributed by atoms with Crippen molar-refractivity contribution in [3.63, 3.8) is 0 Å². The van der Waals surface area contributed by atoms with Crippen molar-refractivity contribution in [3.05, 3.63) is 88.7 Å². The fraction of sp³-hybridized carbons (Fsp3) is 0.222. The van der Waals surface area contributed by atoms with Gasteiger partial charge in [0.1, 0.15) is 5.69 Å². The van der Waals surface area contributed by atoms with Crippen molar-refractivity contribution in [1.29, 1.82) is 0 Å². The van der Waals surface area contributed by atoms with Crippen LogP contribution in [-0.4, -0.2) is 5.16 Å². The van der Waals surface area contributed by atoms with E-state index >= 15 is 0 Å². The van der Waals surface area contributed by atoms with Crippen molar-refractivity contribution in [1.82, 2.24) is 0 Å². The largest absolute Gasteiger partial charge is 0.205 e. The quantitative estimate of drug-likeness (QED) is 0.175. The van der Waals surface area contributed by atoms with E-state index in [1.807, 2.05) is 37.3 Å². The van der Waals surface area contributed by atoms with Gasteiger partial charge in [-0.05, 0) is 90.6 Å². The highest BCUT2D eigenvalue weighted by atomic mass is 32.1. The molecule has 0 saturated carbocycles. The van der Waals surface area contributed by atoms with Crippen LogP contribution < -0.4 is 0 Å². The molecular weight excluding hydrogens is 389 g/mol. The molecule has 0 amide bonds. The minimum absolute atomic E-state index is 0.243. The monoisotopic (exact) mass is 413 g/mol. The number of aliphatic imine (C=N–C) groups is 1. The van der Waals surface area contributed by atoms with Crippen LogP contribution in [-0.2, 0) is 6.42 Å². The number of aryl methyl sites for hydroxylation is 2. The van der Waals surface area contributed by atoms with Crippen LogP contribution in [0.15, 0.2) is 65.7 Å². The van der Waals surface area contributed by atoms with Crippen molar-refractivity contribution in [3.8, 4) is 23.0 Å². The van der Waals surface area contributed by atoms with Gasteiger partial charge in [-0.2, -0.15) is 4.99 Å². The van der Waals surface area contributed by atoms with E-state index in [0.29, 0.717) is 0 Å². The summed E-state index contributed by atoms with van der Waals surface area (Å²) >= 11 is 4.59. The standard InChI is InChI=1S/C27H24FNS/c1-3-4-5-6-21-7-9-22(10-8-21)11-12-23-13-15-24(16-14-23)25-17-20(2)27(29-19-30)26(28)18-25/h7-10,13-18H,3-6H2,1-2H3. The molecule has 0 N–H and O–H groups in total. The van der Waals surface area contributed by atoms with Crippen LogP contribution in [0.4, 0.5) is 10.1 Å². The lowest BCUT2D eigenvalue weighted by atomic mass is 10.0. The molecule has 1 nitrogen and oxygen atoms in total. The second-order valence-corrected chi connectivity index (χ2v) is 7.49. The average molecular weight is 414 g/mol. The van der Waals surface area contributed by atoms with Gasteiger partial charge < -0.3 is 0 Å². The molecule has 0 heterocycles. The molecule has 0 unspecified atom stereocenters. The van der Waals surface area contributed by atoms with Crippen molar-refractivity contribution in [2.75, 3.05) is 0 Å². The Balaban J connectivity index is 1.72. The highest BCUT2D eigenvalue weighted by Crippen LogP contribution is 2.29. The highest BCUT2D eigenvalue weighted by molar-refractivity contribution is 7.78. The van der Waals surface area contributed by atoms with Crippen molar-refractivity contribution in [2.24, 2.45) is 4.99 Å². The third kappa shape index (κ3) is 5.74. The molecule has 0 aliphatic heterocycles. The average Bonchev–Trinajstić information content (AvgIpc) is 2.76. The molecule has 0 fully saturated rings. The summed E-state index contributed by atoms with van der Waals surface area (Å²) in [6, 6.07) is 19.7. The van der Waals surface area contributed by atoms with E-state index in [1.165, 1.54) is 30.9 Å². The smallest absolute Gasteiger partial charge is 0.150 e. The summed E-state index contributed by atoms with van der Waals surface area (Å²) in [5, 5.41) is 2.23. The van der Waals surface area contributed by atoms with Gasteiger partial charge in [-0.25, -0.2) is 4.39 Å². The number of isothiocyanates is 1. The van der Waals surface area contributed by atoms with Crippen molar-refractivity contribution in [2.45, 2.75) is 39.5 Å². The fourth-order valence-corrected chi connectivity index (χ4v) is 3.41. The maximum atomic E-state index is 14.3. The lowest BCUT2D eigenvalue weighted by molar-refractivity contribution is 0.629. The summed E-state index contributed by atoms with van der Waals surface area (Å²) in [4.78, 5) is 3.80. The predicted octanol–water partition coefficient (Wildman–Crippen LogP) is 7.67. The molecule has 0 aliphatic carbocycles. The van der Waals surface area contributed by atoms with Gasteiger partial charge in [-0.15, -0.1) is 0 Å². The van der Waals surface area contributed by atoms with Gasteiger partial charge in [0, 0.05) is 11.1 Å². The van der Waals surface area contributed by atoms with E-state index in [0.717, 1.165) is 34.2 Å². The minimum Gasteiger partial charge on any atom is -0.205 e. The number of nitrogens with zero attached hydrogens (tertiary/aromatic N) is 1. The number of benzene rings is 3. The first-order valence-corrected chi connectivity index (χ1v) is 10.6. The lowest BCUT2D eigenvalue weighted by Gasteiger charge is -2.07. The normalized spacial score (nSPS) is 10.1. The molecule has 3 aromatic rings. The van der Waals surface area contributed by atoms with Crippen LogP contribution in [0.3, 0.4) is 0 Å². The minimum atomic E-state index is -0.399. The highest BCUT2D eigenvalue weighted by Gasteiger charge is 2.08. The molecule has 0 spiro atoms. The molecule has 0 radical (unpaired) electrons. The Morgan fingerprint density at radius 2 is 1.50 bits per heavy atom. The number of hydrogen-bond donors (Lipinski definition) is 0. The SMILES string of the molecule is CCCCCc1ccc(C#Cc2ccc(-c3cc(C)c(N=C=S)c(F)c3)cc2)cc1. The maximum absolute atomic E-state index is 14.3. The van der Waals surface area contributed by atoms with Crippen molar-refractivity contribution >= 4 is 23.1 Å². The van der Waals surface area contributed by atoms with Crippen LogP contribution in [0.25, 0.3) is 11.1 Å². The van der Waals surface area contributed by atoms with Gasteiger partial charge in [0.25, 0.3) is 0 Å². The topological polar surface area (TPSA) is 12.4 Å². The molecule has 0 atom stereocenters. The molecule has 0 bridgehead atoms. The second-order valence-electron chi connectivity index (χ2n) is 7.31. The Labute approximate surface area is 183 Å². The van der Waals surface area contributed by atoms with Gasteiger partial charge in [-0.3, -0.25) is 0 Å². The summed E-state index contributed by atoms with van der Waals surface area (Å²) in [7, 11) is 0. The van der Waals surface area contributed by atoms with Crippen LogP contribution in [0, 0.1) is 24.6 Å². The van der Waals surface area contributed by atoms with E-state index in [1.54, 1.807) is 0 Å². The third-order valence-electron chi connectivity index (χ3n) is 5.00. The number of halogens is 1. The number of unbranched alkanes of at least 4 members (excludes halogenated alkanes) is 2. The van der Waals surface area contributed by atoms with E-state index < -0.39 is 5.82 Å². The maximum Gasteiger partial charge on any atom is 0.150 e. The van der Waals surface area contributed by atoms with E-state index in [4.69, 9.17) is 0 Å². The molecule has 0 saturated heterocycles. The van der Waals surface area contributed by atoms with Gasteiger partial charge in [-0.1, -0.05) is 55.9 Å². The van der Waals surface area contributed by atoms with Crippen LogP contribution in [0.2, 0.25) is 0 Å². The van der Waals surface area contributed by atoms with Gasteiger partial charge in [0.2, 0.25) is 0 Å². The zero-order chi connectivity index (χ0) is 21.3. The molecule has 0 aromatic heterocycles. The summed E-state index contributed by atoms with van der Waals surface area (Å²) in [6.07, 6.45) is 4.88. The lowest BCUT2D eigenvalue weighted by Crippen LogP contribution is -1.87. The molecular formula is C27H24FNS. The third-order valence-corrected chi connectivity index (χ3v) is 5.10. The van der Waals surface area contributed by atoms with Crippen LogP contribution >= 0.6 is 12.2 Å². The summed E-state index contributed by atoms with van der Waals surface area (Å²) in [6.45, 7) is 4.03. The van der Waals surface area contributed by atoms with Crippen molar-refractivity contribution < 1.29 is 4.39 Å². The van der Waals surface area contributed by atoms with E-state index in [-0.39, 0.29) is 5.69 Å². The fourth-order valence-electron chi connectivity index (χ4n) is 3.31. The van der Waals surface area contributed by atoms with Crippen LogP contribution in [0.5, 0.6) is 0 Å². The number of hydrogen-bond acceptors (Lipinski definition) is 2. The Kier molecular flexibility index (Phi) is 7.69. The molecule has 3 heteroatoms. The van der Waals surface area contributed by atoms with Crippen LogP contribution in [0.1, 0.15) is 48.4 Å². The molecule has 150 valence electrons. The Hall–Kier alpha value is -3.05. The van der Waals surface area contributed by atoms with E-state index in [9.17, 15) is 4.39 Å². The van der Waals surface area contributed by atoms with Gasteiger partial charge in [0.05, 0.1) is 5.16 Å². The van der Waals surface area contributed by atoms with Gasteiger partial charge >= 0.3 is 0 Å². The molecule has 3 aromatic carbocycles. The summed E-state index contributed by atoms with van der Waals surface area (Å²) in [5.41, 5.74) is 5.99. The summed E-state index contributed by atoms with van der Waals surface area (Å²) < 4.78 is 14.3. The Morgan fingerprint density at radius 3 is 2.07 bits per heavy atom. The Bertz CT molecular complexity index is 1090. The molecule has 3 rings (SSSR count). The zero-order valence-electron chi connectivity index (χ0n) is 17.3. The first kappa shape index (κ1) is 21.7. The molecule has 0 aliphatic rings. The van der Waals surface area contributed by atoms with E-state index in [2.05, 4.69) is 65.4 Å². The summed E-state index contributed by atoms with van der Waals surface area (Å²) in [5.74, 6) is 6.02. The first-order chi connectivity index (χ1) is 14.6. The first-order valence-electron chi connectivity index (χ1n) is 10.2. The number of thiocarbonyl (C=S) groups is 1. The number of rotatable bonds is 6.